The molecule has 0 atom stereocenters. The van der Waals surface area contributed by atoms with Gasteiger partial charge in [-0.1, -0.05) is 25.1 Å². The minimum absolute atomic E-state index is 0.109. The van der Waals surface area contributed by atoms with Crippen molar-refractivity contribution in [2.24, 2.45) is 0 Å². The summed E-state index contributed by atoms with van der Waals surface area (Å²) in [5, 5.41) is 4.97. The average Bonchev–Trinajstić information content (AvgIpc) is 3.31. The summed E-state index contributed by atoms with van der Waals surface area (Å²) in [6.07, 6.45) is 3.41. The Balaban J connectivity index is 1.64. The van der Waals surface area contributed by atoms with Crippen molar-refractivity contribution in [3.8, 4) is 0 Å². The van der Waals surface area contributed by atoms with Crippen LogP contribution in [0.3, 0.4) is 0 Å². The van der Waals surface area contributed by atoms with Crippen molar-refractivity contribution in [2.75, 3.05) is 5.32 Å². The minimum Gasteiger partial charge on any atom is -0.310 e. The third-order valence-corrected chi connectivity index (χ3v) is 5.57. The van der Waals surface area contributed by atoms with Gasteiger partial charge in [0.15, 0.2) is 0 Å². The van der Waals surface area contributed by atoms with Gasteiger partial charge in [0.1, 0.15) is 0 Å². The molecule has 27 heavy (non-hydrogen) atoms. The molecule has 4 rings (SSSR count). The lowest BCUT2D eigenvalue weighted by Gasteiger charge is -2.10. The van der Waals surface area contributed by atoms with Crippen LogP contribution in [-0.4, -0.2) is 20.4 Å². The van der Waals surface area contributed by atoms with Crippen LogP contribution < -0.4 is 5.32 Å². The lowest BCUT2D eigenvalue weighted by Crippen LogP contribution is -2.17. The smallest absolute Gasteiger partial charge is 0.259 e. The summed E-state index contributed by atoms with van der Waals surface area (Å²) in [5.41, 5.74) is 3.61. The summed E-state index contributed by atoms with van der Waals surface area (Å²) in [7, 11) is 0. The van der Waals surface area contributed by atoms with Crippen molar-refractivity contribution in [1.82, 2.24) is 14.5 Å². The number of benzene rings is 1. The number of hydrogen-bond donors (Lipinski definition) is 1. The molecule has 0 saturated heterocycles. The van der Waals surface area contributed by atoms with E-state index >= 15 is 0 Å². The van der Waals surface area contributed by atoms with Crippen molar-refractivity contribution in [2.45, 2.75) is 26.3 Å². The molecule has 4 aromatic rings. The van der Waals surface area contributed by atoms with Crippen molar-refractivity contribution in [1.29, 1.82) is 0 Å². The number of anilines is 1. The van der Waals surface area contributed by atoms with Crippen LogP contribution in [0.1, 0.15) is 27.9 Å². The number of amides is 1. The number of nitrogens with zero attached hydrogens (tertiary/aromatic N) is 3. The summed E-state index contributed by atoms with van der Waals surface area (Å²) < 4.78 is 2.06. The summed E-state index contributed by atoms with van der Waals surface area (Å²) in [4.78, 5) is 22.9. The van der Waals surface area contributed by atoms with Crippen LogP contribution in [0.2, 0.25) is 0 Å². The van der Waals surface area contributed by atoms with Gasteiger partial charge in [-0.15, -0.1) is 11.3 Å². The average molecular weight is 376 g/mol. The number of aromatic nitrogens is 3. The van der Waals surface area contributed by atoms with Crippen molar-refractivity contribution in [3.63, 3.8) is 0 Å². The molecule has 5 nitrogen and oxygen atoms in total. The fraction of sp³-hybridized carbons (Fsp3) is 0.190. The molecule has 1 N–H and O–H groups in total. The number of imidazole rings is 1. The number of aryl methyl sites for hydroxylation is 3. The molecule has 0 aliphatic heterocycles. The number of nitrogens with one attached hydrogen (secondary N) is 1. The second-order valence-corrected chi connectivity index (χ2v) is 7.21. The molecule has 6 heteroatoms. The summed E-state index contributed by atoms with van der Waals surface area (Å²) in [6, 6.07) is 15.7. The first-order valence-electron chi connectivity index (χ1n) is 8.99. The van der Waals surface area contributed by atoms with E-state index in [0.717, 1.165) is 40.0 Å². The van der Waals surface area contributed by atoms with Crippen molar-refractivity contribution in [3.05, 3.63) is 76.2 Å². The van der Waals surface area contributed by atoms with E-state index in [1.54, 1.807) is 17.5 Å². The van der Waals surface area contributed by atoms with Gasteiger partial charge in [0, 0.05) is 29.7 Å². The van der Waals surface area contributed by atoms with Crippen LogP contribution >= 0.6 is 11.3 Å². The monoisotopic (exact) mass is 376 g/mol. The molecular weight excluding hydrogens is 356 g/mol. The number of carbonyl (C=O) groups is 1. The molecule has 0 unspecified atom stereocenters. The first-order valence-corrected chi connectivity index (χ1v) is 9.87. The van der Waals surface area contributed by atoms with Gasteiger partial charge < -0.3 is 4.57 Å². The number of hydrogen-bond acceptors (Lipinski definition) is 4. The molecule has 1 aromatic carbocycles. The number of carbonyl (C=O) groups excluding carboxylic acids is 1. The number of rotatable bonds is 6. The fourth-order valence-corrected chi connectivity index (χ4v) is 3.98. The molecule has 0 aliphatic carbocycles. The molecule has 0 fully saturated rings. The zero-order valence-corrected chi connectivity index (χ0v) is 15.9. The van der Waals surface area contributed by atoms with Gasteiger partial charge in [0.25, 0.3) is 5.91 Å². The van der Waals surface area contributed by atoms with Gasteiger partial charge in [-0.25, -0.2) is 4.98 Å². The van der Waals surface area contributed by atoms with Crippen LogP contribution in [0.15, 0.2) is 60.1 Å². The summed E-state index contributed by atoms with van der Waals surface area (Å²) >= 11 is 1.61. The first-order chi connectivity index (χ1) is 13.3. The maximum Gasteiger partial charge on any atom is 0.259 e. The Morgan fingerprint density at radius 2 is 2.00 bits per heavy atom. The molecule has 136 valence electrons. The lowest BCUT2D eigenvalue weighted by molar-refractivity contribution is 0.102. The predicted octanol–water partition coefficient (Wildman–Crippen LogP) is 4.55. The zero-order valence-electron chi connectivity index (χ0n) is 15.1. The molecule has 0 aliphatic rings. The molecule has 3 aromatic heterocycles. The Hall–Kier alpha value is -2.99. The highest BCUT2D eigenvalue weighted by Crippen LogP contribution is 2.23. The predicted molar refractivity (Wildman–Crippen MR) is 109 cm³/mol. The Kier molecular flexibility index (Phi) is 4.98. The highest BCUT2D eigenvalue weighted by Gasteiger charge is 2.17. The van der Waals surface area contributed by atoms with Gasteiger partial charge in [-0.05, 0) is 42.1 Å². The maximum absolute atomic E-state index is 12.8. The lowest BCUT2D eigenvalue weighted by atomic mass is 10.2. The SMILES string of the molecule is CCc1sccc1C(=O)Nc1nc2ccccc2n1CCc1ccccn1. The topological polar surface area (TPSA) is 59.8 Å². The number of pyridine rings is 1. The highest BCUT2D eigenvalue weighted by molar-refractivity contribution is 7.10. The molecule has 0 bridgehead atoms. The zero-order chi connectivity index (χ0) is 18.6. The fourth-order valence-electron chi connectivity index (χ4n) is 3.16. The molecule has 0 spiro atoms. The van der Waals surface area contributed by atoms with E-state index < -0.39 is 0 Å². The second-order valence-electron chi connectivity index (χ2n) is 6.21. The van der Waals surface area contributed by atoms with Gasteiger partial charge in [-0.2, -0.15) is 0 Å². The van der Waals surface area contributed by atoms with Gasteiger partial charge in [0.2, 0.25) is 5.95 Å². The summed E-state index contributed by atoms with van der Waals surface area (Å²) in [5.74, 6) is 0.466. The van der Waals surface area contributed by atoms with E-state index in [1.165, 1.54) is 0 Å². The number of para-hydroxylation sites is 2. The van der Waals surface area contributed by atoms with Crippen molar-refractivity contribution >= 4 is 34.2 Å². The Morgan fingerprint density at radius 3 is 2.81 bits per heavy atom. The highest BCUT2D eigenvalue weighted by atomic mass is 32.1. The normalized spacial score (nSPS) is 11.0. The number of thiophene rings is 1. The third kappa shape index (κ3) is 3.61. The van der Waals surface area contributed by atoms with E-state index in [-0.39, 0.29) is 5.91 Å². The quantitative estimate of drug-likeness (QED) is 0.537. The molecule has 0 saturated carbocycles. The first kappa shape index (κ1) is 17.4. The standard InChI is InChI=1S/C21H20N4OS/c1-2-19-16(11-14-27-19)20(26)24-21-23-17-8-3-4-9-18(17)25(21)13-10-15-7-5-6-12-22-15/h3-9,11-12,14H,2,10,13H2,1H3,(H,23,24,26). The molecule has 0 radical (unpaired) electrons. The molecular formula is C21H20N4OS. The van der Waals surface area contributed by atoms with E-state index in [0.29, 0.717) is 12.5 Å². The maximum atomic E-state index is 12.8. The van der Waals surface area contributed by atoms with Gasteiger partial charge in [-0.3, -0.25) is 15.1 Å². The summed E-state index contributed by atoms with van der Waals surface area (Å²) in [6.45, 7) is 2.75. The Bertz CT molecular complexity index is 1070. The van der Waals surface area contributed by atoms with E-state index in [2.05, 4.69) is 26.8 Å². The Labute approximate surface area is 161 Å². The van der Waals surface area contributed by atoms with E-state index in [1.807, 2.05) is 53.9 Å². The van der Waals surface area contributed by atoms with Gasteiger partial charge in [0.05, 0.1) is 16.6 Å². The molecule has 1 amide bonds. The van der Waals surface area contributed by atoms with Crippen LogP contribution in [0.4, 0.5) is 5.95 Å². The van der Waals surface area contributed by atoms with E-state index in [9.17, 15) is 4.79 Å². The van der Waals surface area contributed by atoms with Crippen molar-refractivity contribution < 1.29 is 4.79 Å². The molecule has 3 heterocycles. The largest absolute Gasteiger partial charge is 0.310 e. The van der Waals surface area contributed by atoms with Crippen LogP contribution in [0.5, 0.6) is 0 Å². The van der Waals surface area contributed by atoms with Crippen LogP contribution in [-0.2, 0) is 19.4 Å². The van der Waals surface area contributed by atoms with Gasteiger partial charge >= 0.3 is 0 Å². The minimum atomic E-state index is -0.109. The number of fused-ring (bicyclic) bond motifs is 1. The van der Waals surface area contributed by atoms with Crippen LogP contribution in [0, 0.1) is 0 Å². The third-order valence-electron chi connectivity index (χ3n) is 4.51. The van der Waals surface area contributed by atoms with Crippen LogP contribution in [0.25, 0.3) is 11.0 Å². The van der Waals surface area contributed by atoms with E-state index in [4.69, 9.17) is 0 Å². The second kappa shape index (κ2) is 7.72. The Morgan fingerprint density at radius 1 is 1.15 bits per heavy atom.